The fraction of sp³-hybridized carbons (Fsp3) is 0.667. The first-order valence-electron chi connectivity index (χ1n) is 6.38. The molecule has 2 heterocycles. The third-order valence-electron chi connectivity index (χ3n) is 3.06. The van der Waals surface area contributed by atoms with Crippen LogP contribution in [0, 0.1) is 6.92 Å². The van der Waals surface area contributed by atoms with Crippen molar-refractivity contribution in [2.24, 2.45) is 0 Å². The van der Waals surface area contributed by atoms with Crippen molar-refractivity contribution in [3.05, 3.63) is 11.0 Å². The van der Waals surface area contributed by atoms with Crippen LogP contribution in [0.1, 0.15) is 25.5 Å². The first-order chi connectivity index (χ1) is 9.11. The first-order valence-corrected chi connectivity index (χ1v) is 8.08. The Morgan fingerprint density at radius 2 is 2.11 bits per heavy atom. The molecule has 0 bridgehead atoms. The van der Waals surface area contributed by atoms with E-state index in [0.717, 1.165) is 26.1 Å². The molecular formula is C12H18ClN3O2S. The van der Waals surface area contributed by atoms with E-state index >= 15 is 0 Å². The van der Waals surface area contributed by atoms with E-state index < -0.39 is 10.8 Å². The Balaban J connectivity index is 2.28. The van der Waals surface area contributed by atoms with Crippen molar-refractivity contribution in [3.63, 3.8) is 0 Å². The number of aromatic nitrogens is 2. The molecule has 1 aliphatic rings. The van der Waals surface area contributed by atoms with Crippen molar-refractivity contribution in [1.82, 2.24) is 9.97 Å². The lowest BCUT2D eigenvalue weighted by Crippen LogP contribution is -2.29. The molecular weight excluding hydrogens is 286 g/mol. The van der Waals surface area contributed by atoms with E-state index in [-0.39, 0.29) is 11.3 Å². The SMILES string of the molecule is CCS(=O)c1c(C)nc(Cl)nc1NC1CCOCC1. The molecule has 1 aromatic heterocycles. The number of nitrogens with zero attached hydrogens (tertiary/aromatic N) is 2. The van der Waals surface area contributed by atoms with Crippen LogP contribution in [0.5, 0.6) is 0 Å². The van der Waals surface area contributed by atoms with Gasteiger partial charge in [0.15, 0.2) is 0 Å². The largest absolute Gasteiger partial charge is 0.381 e. The predicted octanol–water partition coefficient (Wildman–Crippen LogP) is 2.16. The molecule has 0 aliphatic carbocycles. The van der Waals surface area contributed by atoms with Gasteiger partial charge in [-0.05, 0) is 31.4 Å². The summed E-state index contributed by atoms with van der Waals surface area (Å²) in [5, 5.41) is 3.52. The molecule has 0 spiro atoms. The van der Waals surface area contributed by atoms with E-state index in [0.29, 0.717) is 22.2 Å². The zero-order valence-electron chi connectivity index (χ0n) is 11.1. The van der Waals surface area contributed by atoms with Crippen LogP contribution >= 0.6 is 11.6 Å². The molecule has 1 saturated heterocycles. The number of hydrogen-bond donors (Lipinski definition) is 1. The van der Waals surface area contributed by atoms with Gasteiger partial charge in [0.1, 0.15) is 10.7 Å². The Labute approximate surface area is 120 Å². The molecule has 5 nitrogen and oxygen atoms in total. The highest BCUT2D eigenvalue weighted by Crippen LogP contribution is 2.24. The second kappa shape index (κ2) is 6.63. The second-order valence-electron chi connectivity index (χ2n) is 4.42. The zero-order valence-corrected chi connectivity index (χ0v) is 12.7. The van der Waals surface area contributed by atoms with Crippen LogP contribution in [0.2, 0.25) is 5.28 Å². The average Bonchev–Trinajstić information content (AvgIpc) is 2.38. The molecule has 1 fully saturated rings. The van der Waals surface area contributed by atoms with Crippen LogP contribution in [0.15, 0.2) is 4.90 Å². The van der Waals surface area contributed by atoms with Gasteiger partial charge < -0.3 is 10.1 Å². The van der Waals surface area contributed by atoms with Gasteiger partial charge >= 0.3 is 0 Å². The number of rotatable bonds is 4. The van der Waals surface area contributed by atoms with Gasteiger partial charge in [-0.25, -0.2) is 4.98 Å². The number of ether oxygens (including phenoxy) is 1. The molecule has 19 heavy (non-hydrogen) atoms. The minimum atomic E-state index is -1.10. The molecule has 0 saturated carbocycles. The first kappa shape index (κ1) is 14.7. The van der Waals surface area contributed by atoms with E-state index in [1.807, 2.05) is 13.8 Å². The minimum Gasteiger partial charge on any atom is -0.381 e. The van der Waals surface area contributed by atoms with E-state index in [1.165, 1.54) is 0 Å². The molecule has 1 atom stereocenters. The van der Waals surface area contributed by atoms with Crippen LogP contribution in [-0.4, -0.2) is 39.2 Å². The third-order valence-corrected chi connectivity index (χ3v) is 4.70. The standard InChI is InChI=1S/C12H18ClN3O2S/c1-3-19(17)10-8(2)14-12(13)16-11(10)15-9-4-6-18-7-5-9/h9H,3-7H2,1-2H3,(H,14,15,16). The van der Waals surface area contributed by atoms with Gasteiger partial charge in [-0.15, -0.1) is 0 Å². The number of aryl methyl sites for hydroxylation is 1. The fourth-order valence-corrected chi connectivity index (χ4v) is 3.27. The van der Waals surface area contributed by atoms with Crippen LogP contribution in [-0.2, 0) is 15.5 Å². The second-order valence-corrected chi connectivity index (χ2v) is 6.44. The Bertz CT molecular complexity index is 478. The fourth-order valence-electron chi connectivity index (χ4n) is 2.08. The smallest absolute Gasteiger partial charge is 0.224 e. The summed E-state index contributed by atoms with van der Waals surface area (Å²) in [4.78, 5) is 8.96. The molecule has 0 aromatic carbocycles. The number of anilines is 1. The van der Waals surface area contributed by atoms with E-state index in [1.54, 1.807) is 0 Å². The molecule has 7 heteroatoms. The van der Waals surface area contributed by atoms with E-state index in [2.05, 4.69) is 15.3 Å². The molecule has 1 N–H and O–H groups in total. The normalized spacial score (nSPS) is 18.3. The topological polar surface area (TPSA) is 64.1 Å². The van der Waals surface area contributed by atoms with Crippen LogP contribution in [0.25, 0.3) is 0 Å². The van der Waals surface area contributed by atoms with Crippen LogP contribution in [0.4, 0.5) is 5.82 Å². The van der Waals surface area contributed by atoms with Gasteiger partial charge in [-0.3, -0.25) is 4.21 Å². The van der Waals surface area contributed by atoms with Crippen molar-refractivity contribution in [1.29, 1.82) is 0 Å². The highest BCUT2D eigenvalue weighted by molar-refractivity contribution is 7.85. The summed E-state index contributed by atoms with van der Waals surface area (Å²) in [7, 11) is -1.10. The maximum absolute atomic E-state index is 12.1. The quantitative estimate of drug-likeness (QED) is 0.864. The predicted molar refractivity (Wildman–Crippen MR) is 76.2 cm³/mol. The van der Waals surface area contributed by atoms with Gasteiger partial charge in [0, 0.05) is 25.0 Å². The summed E-state index contributed by atoms with van der Waals surface area (Å²) in [6.45, 7) is 5.16. The zero-order chi connectivity index (χ0) is 13.8. The summed E-state index contributed by atoms with van der Waals surface area (Å²) < 4.78 is 17.5. The summed E-state index contributed by atoms with van der Waals surface area (Å²) >= 11 is 5.90. The summed E-state index contributed by atoms with van der Waals surface area (Å²) in [5.41, 5.74) is 0.676. The molecule has 0 amide bonds. The Kier molecular flexibility index (Phi) is 5.13. The number of hydrogen-bond acceptors (Lipinski definition) is 5. The molecule has 106 valence electrons. The van der Waals surface area contributed by atoms with Crippen molar-refractivity contribution in [2.45, 2.75) is 37.6 Å². The van der Waals surface area contributed by atoms with Crippen LogP contribution < -0.4 is 5.32 Å². The molecule has 0 radical (unpaired) electrons. The monoisotopic (exact) mass is 303 g/mol. The maximum atomic E-state index is 12.1. The van der Waals surface area contributed by atoms with Crippen molar-refractivity contribution < 1.29 is 8.95 Å². The molecule has 1 aromatic rings. The minimum absolute atomic E-state index is 0.184. The summed E-state index contributed by atoms with van der Waals surface area (Å²) in [6, 6.07) is 0.284. The van der Waals surface area contributed by atoms with Crippen molar-refractivity contribution in [3.8, 4) is 0 Å². The maximum Gasteiger partial charge on any atom is 0.224 e. The van der Waals surface area contributed by atoms with Gasteiger partial charge in [-0.1, -0.05) is 6.92 Å². The van der Waals surface area contributed by atoms with Crippen molar-refractivity contribution >= 4 is 28.2 Å². The van der Waals surface area contributed by atoms with Gasteiger partial charge in [-0.2, -0.15) is 4.98 Å². The summed E-state index contributed by atoms with van der Waals surface area (Å²) in [6.07, 6.45) is 1.83. The van der Waals surface area contributed by atoms with Crippen molar-refractivity contribution in [2.75, 3.05) is 24.3 Å². The number of nitrogens with one attached hydrogen (secondary N) is 1. The Morgan fingerprint density at radius 3 is 2.74 bits per heavy atom. The highest BCUT2D eigenvalue weighted by Gasteiger charge is 2.20. The van der Waals surface area contributed by atoms with E-state index in [9.17, 15) is 4.21 Å². The lowest BCUT2D eigenvalue weighted by molar-refractivity contribution is 0.0903. The van der Waals surface area contributed by atoms with Gasteiger partial charge in [0.2, 0.25) is 5.28 Å². The Hall–Kier alpha value is -0.720. The third kappa shape index (κ3) is 3.64. The average molecular weight is 304 g/mol. The van der Waals surface area contributed by atoms with E-state index in [4.69, 9.17) is 16.3 Å². The number of halogens is 1. The van der Waals surface area contributed by atoms with Gasteiger partial charge in [0.05, 0.1) is 16.5 Å². The highest BCUT2D eigenvalue weighted by atomic mass is 35.5. The molecule has 1 unspecified atom stereocenters. The lowest BCUT2D eigenvalue weighted by Gasteiger charge is -2.24. The van der Waals surface area contributed by atoms with Gasteiger partial charge in [0.25, 0.3) is 0 Å². The lowest BCUT2D eigenvalue weighted by atomic mass is 10.1. The molecule has 2 rings (SSSR count). The summed E-state index contributed by atoms with van der Waals surface area (Å²) in [5.74, 6) is 1.14. The Morgan fingerprint density at radius 1 is 1.42 bits per heavy atom. The molecule has 1 aliphatic heterocycles. The van der Waals surface area contributed by atoms with Crippen LogP contribution in [0.3, 0.4) is 0 Å².